The van der Waals surface area contributed by atoms with Gasteiger partial charge in [0.15, 0.2) is 5.78 Å². The Hall–Kier alpha value is -4.51. The maximum Gasteiger partial charge on any atom is 0.189 e. The molecule has 0 aromatic heterocycles. The molecule has 0 heterocycles. The summed E-state index contributed by atoms with van der Waals surface area (Å²) < 4.78 is 17.2. The van der Waals surface area contributed by atoms with E-state index < -0.39 is 0 Å². The molecule has 35 heavy (non-hydrogen) atoms. The Kier molecular flexibility index (Phi) is 7.81. The van der Waals surface area contributed by atoms with Gasteiger partial charge in [0.1, 0.15) is 36.2 Å². The molecule has 0 saturated heterocycles. The van der Waals surface area contributed by atoms with Crippen molar-refractivity contribution in [1.29, 1.82) is 0 Å². The van der Waals surface area contributed by atoms with Gasteiger partial charge in [-0.05, 0) is 47.5 Å². The number of methoxy groups -OCH3 is 1. The van der Waals surface area contributed by atoms with Crippen molar-refractivity contribution in [2.45, 2.75) is 13.2 Å². The smallest absolute Gasteiger partial charge is 0.189 e. The van der Waals surface area contributed by atoms with Crippen molar-refractivity contribution in [2.24, 2.45) is 0 Å². The van der Waals surface area contributed by atoms with E-state index in [4.69, 9.17) is 14.2 Å². The highest BCUT2D eigenvalue weighted by molar-refractivity contribution is 6.08. The van der Waals surface area contributed by atoms with Gasteiger partial charge in [0.05, 0.1) is 12.7 Å². The maximum absolute atomic E-state index is 13.0. The van der Waals surface area contributed by atoms with Crippen molar-refractivity contribution in [3.05, 3.63) is 125 Å². The van der Waals surface area contributed by atoms with Crippen LogP contribution in [0.3, 0.4) is 0 Å². The molecule has 4 aromatic carbocycles. The number of benzene rings is 4. The second-order valence-electron chi connectivity index (χ2n) is 7.83. The van der Waals surface area contributed by atoms with E-state index in [0.717, 1.165) is 16.7 Å². The molecule has 0 radical (unpaired) electrons. The molecule has 0 spiro atoms. The minimum atomic E-state index is -0.250. The minimum absolute atomic E-state index is 0.0290. The zero-order valence-corrected chi connectivity index (χ0v) is 19.4. The molecule has 0 amide bonds. The Bertz CT molecular complexity index is 1300. The Morgan fingerprint density at radius 3 is 2.09 bits per heavy atom. The molecular weight excluding hydrogens is 440 g/mol. The van der Waals surface area contributed by atoms with Gasteiger partial charge in [0.2, 0.25) is 0 Å². The van der Waals surface area contributed by atoms with Crippen molar-refractivity contribution in [3.63, 3.8) is 0 Å². The van der Waals surface area contributed by atoms with Gasteiger partial charge in [0.25, 0.3) is 0 Å². The largest absolute Gasteiger partial charge is 0.508 e. The van der Waals surface area contributed by atoms with E-state index in [1.165, 1.54) is 18.2 Å². The van der Waals surface area contributed by atoms with Crippen LogP contribution in [0.25, 0.3) is 6.08 Å². The summed E-state index contributed by atoms with van der Waals surface area (Å²) in [6.45, 7) is 0.733. The highest BCUT2D eigenvalue weighted by Crippen LogP contribution is 2.29. The van der Waals surface area contributed by atoms with Crippen molar-refractivity contribution < 1.29 is 24.1 Å². The number of hydrogen-bond acceptors (Lipinski definition) is 5. The monoisotopic (exact) mass is 466 g/mol. The Morgan fingerprint density at radius 2 is 1.43 bits per heavy atom. The van der Waals surface area contributed by atoms with Crippen LogP contribution in [-0.4, -0.2) is 18.0 Å². The van der Waals surface area contributed by atoms with Crippen LogP contribution in [0.2, 0.25) is 0 Å². The molecule has 0 aliphatic heterocycles. The summed E-state index contributed by atoms with van der Waals surface area (Å²) in [5.41, 5.74) is 3.12. The van der Waals surface area contributed by atoms with Crippen LogP contribution in [0.4, 0.5) is 0 Å². The van der Waals surface area contributed by atoms with Crippen LogP contribution < -0.4 is 14.2 Å². The Labute approximate surface area is 204 Å². The molecular formula is C30H26O5. The van der Waals surface area contributed by atoms with Gasteiger partial charge < -0.3 is 19.3 Å². The van der Waals surface area contributed by atoms with Gasteiger partial charge in [-0.1, -0.05) is 60.7 Å². The first-order valence-electron chi connectivity index (χ1n) is 11.2. The lowest BCUT2D eigenvalue weighted by Gasteiger charge is -2.11. The number of carbonyl (C=O) groups excluding carboxylic acids is 1. The summed E-state index contributed by atoms with van der Waals surface area (Å²) in [4.78, 5) is 13.0. The fraction of sp³-hybridized carbons (Fsp3) is 0.100. The molecule has 1 N–H and O–H groups in total. The van der Waals surface area contributed by atoms with Crippen LogP contribution in [-0.2, 0) is 13.2 Å². The van der Waals surface area contributed by atoms with Crippen LogP contribution in [0.1, 0.15) is 27.0 Å². The quantitative estimate of drug-likeness (QED) is 0.215. The lowest BCUT2D eigenvalue weighted by molar-refractivity contribution is 0.104. The van der Waals surface area contributed by atoms with Crippen molar-refractivity contribution >= 4 is 11.9 Å². The molecule has 0 atom stereocenters. The van der Waals surface area contributed by atoms with Crippen LogP contribution in [0, 0.1) is 0 Å². The molecule has 0 aliphatic carbocycles. The fourth-order valence-electron chi connectivity index (χ4n) is 3.48. The first-order chi connectivity index (χ1) is 17.1. The second-order valence-corrected chi connectivity index (χ2v) is 7.83. The van der Waals surface area contributed by atoms with Crippen LogP contribution in [0.5, 0.6) is 23.0 Å². The number of ketones is 1. The van der Waals surface area contributed by atoms with Gasteiger partial charge in [-0.3, -0.25) is 4.79 Å². The van der Waals surface area contributed by atoms with Gasteiger partial charge in [-0.15, -0.1) is 0 Å². The van der Waals surface area contributed by atoms with Gasteiger partial charge >= 0.3 is 0 Å². The van der Waals surface area contributed by atoms with Gasteiger partial charge in [-0.25, -0.2) is 0 Å². The summed E-state index contributed by atoms with van der Waals surface area (Å²) >= 11 is 0. The molecule has 0 saturated carbocycles. The molecule has 176 valence electrons. The summed E-state index contributed by atoms with van der Waals surface area (Å²) in [6.07, 6.45) is 3.15. The maximum atomic E-state index is 13.0. The Balaban J connectivity index is 1.47. The lowest BCUT2D eigenvalue weighted by atomic mass is 10.1. The van der Waals surface area contributed by atoms with Crippen molar-refractivity contribution in [2.75, 3.05) is 7.11 Å². The number of phenolic OH excluding ortho intramolecular Hbond substituents is 1. The predicted octanol–water partition coefficient (Wildman–Crippen LogP) is 6.45. The number of phenols is 1. The summed E-state index contributed by atoms with van der Waals surface area (Å²) in [5.74, 6) is 1.36. The normalized spacial score (nSPS) is 10.8. The summed E-state index contributed by atoms with van der Waals surface area (Å²) in [6, 6.07) is 29.5. The van der Waals surface area contributed by atoms with E-state index in [-0.39, 0.29) is 18.1 Å². The van der Waals surface area contributed by atoms with Gasteiger partial charge in [0, 0.05) is 17.7 Å². The topological polar surface area (TPSA) is 65.0 Å². The number of allylic oxidation sites excluding steroid dienone is 1. The summed E-state index contributed by atoms with van der Waals surface area (Å²) in [7, 11) is 1.57. The average Bonchev–Trinajstić information content (AvgIpc) is 2.90. The highest BCUT2D eigenvalue weighted by atomic mass is 16.5. The molecule has 5 nitrogen and oxygen atoms in total. The zero-order chi connectivity index (χ0) is 24.5. The third kappa shape index (κ3) is 6.51. The number of aromatic hydroxyl groups is 1. The first kappa shape index (κ1) is 23.6. The standard InChI is InChI=1S/C30H26O5/c1-33-29-19-26(34-20-22-8-4-2-5-9-22)15-12-24(29)13-17-28(32)27-16-14-25(31)18-30(27)35-21-23-10-6-3-7-11-23/h2-19,31H,20-21H2,1H3. The number of carbonyl (C=O) groups is 1. The highest BCUT2D eigenvalue weighted by Gasteiger charge is 2.12. The molecule has 4 rings (SSSR count). The molecule has 0 unspecified atom stereocenters. The van der Waals surface area contributed by atoms with Crippen molar-refractivity contribution in [3.8, 4) is 23.0 Å². The molecule has 0 bridgehead atoms. The lowest BCUT2D eigenvalue weighted by Crippen LogP contribution is -2.02. The van der Waals surface area contributed by atoms with Crippen LogP contribution in [0.15, 0.2) is 103 Å². The van der Waals surface area contributed by atoms with Crippen molar-refractivity contribution in [1.82, 2.24) is 0 Å². The number of rotatable bonds is 10. The molecule has 5 heteroatoms. The average molecular weight is 467 g/mol. The zero-order valence-electron chi connectivity index (χ0n) is 19.4. The first-order valence-corrected chi connectivity index (χ1v) is 11.2. The minimum Gasteiger partial charge on any atom is -0.508 e. The fourth-order valence-corrected chi connectivity index (χ4v) is 3.48. The van der Waals surface area contributed by atoms with E-state index in [9.17, 15) is 9.90 Å². The van der Waals surface area contributed by atoms with E-state index in [1.807, 2.05) is 72.8 Å². The third-order valence-electron chi connectivity index (χ3n) is 5.34. The van der Waals surface area contributed by atoms with E-state index in [0.29, 0.717) is 29.4 Å². The predicted molar refractivity (Wildman–Crippen MR) is 136 cm³/mol. The second kappa shape index (κ2) is 11.6. The SMILES string of the molecule is COc1cc(OCc2ccccc2)ccc1C=CC(=O)c1ccc(O)cc1OCc1ccccc1. The third-order valence-corrected chi connectivity index (χ3v) is 5.34. The number of hydrogen-bond donors (Lipinski definition) is 1. The van der Waals surface area contributed by atoms with E-state index >= 15 is 0 Å². The number of ether oxygens (including phenoxy) is 3. The Morgan fingerprint density at radius 1 is 0.771 bits per heavy atom. The van der Waals surface area contributed by atoms with Gasteiger partial charge in [-0.2, -0.15) is 0 Å². The molecule has 0 aliphatic rings. The van der Waals surface area contributed by atoms with E-state index in [2.05, 4.69) is 0 Å². The van der Waals surface area contributed by atoms with Crippen LogP contribution >= 0.6 is 0 Å². The molecule has 4 aromatic rings. The summed E-state index contributed by atoms with van der Waals surface area (Å²) in [5, 5.41) is 9.90. The molecule has 0 fully saturated rings. The van der Waals surface area contributed by atoms with E-state index in [1.54, 1.807) is 25.3 Å².